The molecule has 0 aliphatic carbocycles. The first-order valence-electron chi connectivity index (χ1n) is 15.4. The Balaban J connectivity index is 0.00000600. The van der Waals surface area contributed by atoms with Crippen molar-refractivity contribution in [1.29, 1.82) is 0 Å². The molecule has 56 heavy (non-hydrogen) atoms. The van der Waals surface area contributed by atoms with Crippen molar-refractivity contribution in [2.45, 2.75) is 14.7 Å². The molecule has 0 saturated carbocycles. The average molecular weight is 829 g/mol. The third kappa shape index (κ3) is 9.65. The van der Waals surface area contributed by atoms with E-state index in [9.17, 15) is 49.1 Å². The van der Waals surface area contributed by atoms with Gasteiger partial charge in [0.05, 0.1) is 22.0 Å². The Morgan fingerprint density at radius 1 is 0.554 bits per heavy atom. The van der Waals surface area contributed by atoms with Crippen molar-refractivity contribution >= 4 is 122 Å². The minimum absolute atomic E-state index is 0. The van der Waals surface area contributed by atoms with Crippen molar-refractivity contribution in [2.24, 2.45) is 20.5 Å². The van der Waals surface area contributed by atoms with E-state index >= 15 is 0 Å². The summed E-state index contributed by atoms with van der Waals surface area (Å²) < 4.78 is 102. The summed E-state index contributed by atoms with van der Waals surface area (Å²) in [6.07, 6.45) is 0. The Hall–Kier alpha value is -5.49. The Kier molecular flexibility index (Phi) is 12.1. The molecule has 0 bridgehead atoms. The van der Waals surface area contributed by atoms with Gasteiger partial charge in [0.2, 0.25) is 0 Å². The molecule has 0 amide bonds. The van der Waals surface area contributed by atoms with Gasteiger partial charge in [0, 0.05) is 63.8 Å². The molecule has 0 saturated heterocycles. The molecular formula is C34H27N7NaO11S3. The molecule has 0 aliphatic heterocycles. The quantitative estimate of drug-likeness (QED) is 0.0271. The molecule has 9 N–H and O–H groups in total. The average Bonchev–Trinajstić information content (AvgIpc) is 3.11. The van der Waals surface area contributed by atoms with Gasteiger partial charge in [-0.2, -0.15) is 35.5 Å². The summed E-state index contributed by atoms with van der Waals surface area (Å²) in [6, 6.07) is 26.0. The van der Waals surface area contributed by atoms with Crippen molar-refractivity contribution in [1.82, 2.24) is 0 Å². The minimum Gasteiger partial charge on any atom is -0.506 e. The number of rotatable bonds is 11. The SMILES string of the molecule is Nc1cc(S(=O)(=O)O)cc2cc(S(=O)(=O)O)c(N=Nc3ccc(Nc4ccc(N=Nc5ccc(Nc6ccccc6)cc5O)cc4)c(S(=O)(=O)O)c3)c(O)c12.[Na]. The Morgan fingerprint density at radius 2 is 1.16 bits per heavy atom. The third-order valence-corrected chi connectivity index (χ3v) is 10.3. The summed E-state index contributed by atoms with van der Waals surface area (Å²) in [5.74, 6) is -1.06. The standard InChI is InChI=1S/C34H27N7O11S3.Na/c35-26-18-25(53(44,45)46)14-19-15-31(55(50,51)52)33(34(43)32(19)26)41-39-24-11-13-28(30(17-24)54(47,48)49)37-21-6-8-22(9-7-21)38-40-27-12-10-23(16-29(27)42)36-20-4-2-1-3-5-20;/h1-18,36-37,42-43H,35H2,(H,44,45,46)(H,47,48,49)(H,50,51,52);. The van der Waals surface area contributed by atoms with E-state index in [1.165, 1.54) is 30.3 Å². The fraction of sp³-hybridized carbons (Fsp3) is 0. The Bertz CT molecular complexity index is 2880. The molecule has 6 rings (SSSR count). The molecule has 0 unspecified atom stereocenters. The smallest absolute Gasteiger partial charge is 0.296 e. The first-order valence-corrected chi connectivity index (χ1v) is 19.7. The second kappa shape index (κ2) is 16.3. The maximum atomic E-state index is 12.4. The Labute approximate surface area is 341 Å². The molecule has 6 aromatic carbocycles. The van der Waals surface area contributed by atoms with E-state index in [1.807, 2.05) is 30.3 Å². The maximum absolute atomic E-state index is 12.4. The number of hydrogen-bond donors (Lipinski definition) is 8. The number of para-hydroxylation sites is 1. The van der Waals surface area contributed by atoms with E-state index in [1.54, 1.807) is 24.3 Å². The van der Waals surface area contributed by atoms with Gasteiger partial charge in [-0.05, 0) is 90.3 Å². The zero-order chi connectivity index (χ0) is 39.7. The van der Waals surface area contributed by atoms with Gasteiger partial charge in [-0.1, -0.05) is 18.2 Å². The van der Waals surface area contributed by atoms with Crippen LogP contribution >= 0.6 is 0 Å². The van der Waals surface area contributed by atoms with Gasteiger partial charge >= 0.3 is 0 Å². The van der Waals surface area contributed by atoms with Crippen LogP contribution in [0.3, 0.4) is 0 Å². The molecular weight excluding hydrogens is 802 g/mol. The van der Waals surface area contributed by atoms with Crippen LogP contribution in [0.5, 0.6) is 11.5 Å². The van der Waals surface area contributed by atoms with Gasteiger partial charge < -0.3 is 26.6 Å². The van der Waals surface area contributed by atoms with Crippen LogP contribution < -0.4 is 16.4 Å². The number of fused-ring (bicyclic) bond motifs is 1. The van der Waals surface area contributed by atoms with Crippen molar-refractivity contribution in [3.63, 3.8) is 0 Å². The van der Waals surface area contributed by atoms with E-state index in [0.29, 0.717) is 17.1 Å². The van der Waals surface area contributed by atoms with Gasteiger partial charge in [-0.25, -0.2) is 0 Å². The number of nitrogen functional groups attached to an aromatic ring is 1. The first kappa shape index (κ1) is 41.7. The molecule has 0 spiro atoms. The summed E-state index contributed by atoms with van der Waals surface area (Å²) in [5.41, 5.74) is 6.65. The molecule has 0 aromatic heterocycles. The van der Waals surface area contributed by atoms with Crippen LogP contribution in [0, 0.1) is 0 Å². The predicted octanol–water partition coefficient (Wildman–Crippen LogP) is 7.51. The van der Waals surface area contributed by atoms with Crippen molar-refractivity contribution in [3.05, 3.63) is 109 Å². The summed E-state index contributed by atoms with van der Waals surface area (Å²) in [5, 5.41) is 42.4. The largest absolute Gasteiger partial charge is 0.506 e. The third-order valence-electron chi connectivity index (χ3n) is 7.70. The number of hydrogen-bond acceptors (Lipinski definition) is 15. The second-order valence-electron chi connectivity index (χ2n) is 11.6. The number of phenols is 2. The van der Waals surface area contributed by atoms with Gasteiger partial charge in [-0.15, -0.1) is 10.2 Å². The van der Waals surface area contributed by atoms with E-state index in [2.05, 4.69) is 31.1 Å². The first-order chi connectivity index (χ1) is 25.9. The molecule has 1 radical (unpaired) electrons. The molecule has 283 valence electrons. The molecule has 0 atom stereocenters. The Morgan fingerprint density at radius 3 is 1.79 bits per heavy atom. The van der Waals surface area contributed by atoms with Crippen molar-refractivity contribution in [3.8, 4) is 11.5 Å². The summed E-state index contributed by atoms with van der Waals surface area (Å²) in [4.78, 5) is -2.43. The van der Waals surface area contributed by atoms with Gasteiger partial charge in [0.25, 0.3) is 30.4 Å². The van der Waals surface area contributed by atoms with Crippen LogP contribution in [0.4, 0.5) is 51.2 Å². The number of azo groups is 2. The van der Waals surface area contributed by atoms with Crippen LogP contribution in [0.25, 0.3) is 10.8 Å². The van der Waals surface area contributed by atoms with Gasteiger partial charge in [-0.3, -0.25) is 13.7 Å². The van der Waals surface area contributed by atoms with E-state index < -0.39 is 62.2 Å². The van der Waals surface area contributed by atoms with E-state index in [-0.39, 0.29) is 63.1 Å². The summed E-state index contributed by atoms with van der Waals surface area (Å²) in [6.45, 7) is 0. The summed E-state index contributed by atoms with van der Waals surface area (Å²) in [7, 11) is -14.9. The molecule has 0 fully saturated rings. The second-order valence-corrected chi connectivity index (χ2v) is 15.8. The number of aromatic hydroxyl groups is 2. The zero-order valence-electron chi connectivity index (χ0n) is 28.7. The van der Waals surface area contributed by atoms with Crippen LogP contribution in [0.2, 0.25) is 0 Å². The van der Waals surface area contributed by atoms with Crippen LogP contribution in [0.1, 0.15) is 0 Å². The van der Waals surface area contributed by atoms with Crippen molar-refractivity contribution < 1.29 is 49.1 Å². The van der Waals surface area contributed by atoms with Gasteiger partial charge in [0.1, 0.15) is 26.9 Å². The number of nitrogens with two attached hydrogens (primary N) is 1. The number of nitrogens with one attached hydrogen (secondary N) is 2. The van der Waals surface area contributed by atoms with Crippen LogP contribution in [-0.2, 0) is 30.4 Å². The topological polar surface area (TPSA) is 303 Å². The number of benzene rings is 6. The van der Waals surface area contributed by atoms with E-state index in [0.717, 1.165) is 30.0 Å². The van der Waals surface area contributed by atoms with Crippen LogP contribution in [-0.4, -0.2) is 78.7 Å². The number of phenolic OH excluding ortho intramolecular Hbond substituents is 2. The van der Waals surface area contributed by atoms with Gasteiger partial charge in [0.15, 0.2) is 5.75 Å². The zero-order valence-corrected chi connectivity index (χ0v) is 33.1. The van der Waals surface area contributed by atoms with Crippen molar-refractivity contribution in [2.75, 3.05) is 16.4 Å². The fourth-order valence-corrected chi connectivity index (χ4v) is 7.06. The maximum Gasteiger partial charge on any atom is 0.296 e. The summed E-state index contributed by atoms with van der Waals surface area (Å²) >= 11 is 0. The molecule has 0 heterocycles. The molecule has 6 aromatic rings. The normalized spacial score (nSPS) is 12.2. The minimum atomic E-state index is -5.16. The van der Waals surface area contributed by atoms with E-state index in [4.69, 9.17) is 5.73 Å². The monoisotopic (exact) mass is 828 g/mol. The number of nitrogens with zero attached hydrogens (tertiary/aromatic N) is 4. The molecule has 0 aliphatic rings. The molecule has 18 nitrogen and oxygen atoms in total. The molecule has 22 heteroatoms. The fourth-order valence-electron chi connectivity index (χ4n) is 5.18. The number of anilines is 5. The predicted molar refractivity (Wildman–Crippen MR) is 208 cm³/mol. The van der Waals surface area contributed by atoms with Crippen LogP contribution in [0.15, 0.2) is 144 Å².